The van der Waals surface area contributed by atoms with E-state index in [1.54, 1.807) is 24.3 Å². The van der Waals surface area contributed by atoms with Crippen LogP contribution in [0.25, 0.3) is 0 Å². The summed E-state index contributed by atoms with van der Waals surface area (Å²) in [5.41, 5.74) is 1.21. The van der Waals surface area contributed by atoms with Gasteiger partial charge in [-0.05, 0) is 48.6 Å². The van der Waals surface area contributed by atoms with E-state index >= 15 is 0 Å². The summed E-state index contributed by atoms with van der Waals surface area (Å²) < 4.78 is 11.2. The van der Waals surface area contributed by atoms with Crippen molar-refractivity contribution in [2.24, 2.45) is 5.92 Å². The van der Waals surface area contributed by atoms with Crippen molar-refractivity contribution in [2.75, 3.05) is 0 Å². The van der Waals surface area contributed by atoms with E-state index in [4.69, 9.17) is 9.79 Å². The molecule has 0 saturated carbocycles. The fourth-order valence-corrected chi connectivity index (χ4v) is 3.29. The molecule has 4 N–H and O–H groups in total. The number of carbonyl (C=O) groups excluding carboxylic acids is 1. The Labute approximate surface area is 134 Å². The number of ketones is 1. The Morgan fingerprint density at radius 1 is 1.26 bits per heavy atom. The molecule has 23 heavy (non-hydrogen) atoms. The smallest absolute Gasteiger partial charge is 0.427 e. The summed E-state index contributed by atoms with van der Waals surface area (Å²) in [5.74, 6) is -0.589. The monoisotopic (exact) mass is 337 g/mol. The second-order valence-corrected chi connectivity index (χ2v) is 6.84. The minimum absolute atomic E-state index is 0.0398. The summed E-state index contributed by atoms with van der Waals surface area (Å²) >= 11 is 0. The van der Waals surface area contributed by atoms with Crippen LogP contribution in [-0.4, -0.2) is 20.7 Å². The maximum absolute atomic E-state index is 12.2. The minimum atomic E-state index is -4.47. The maximum Gasteiger partial charge on any atom is 0.427 e. The summed E-state index contributed by atoms with van der Waals surface area (Å²) in [4.78, 5) is 30.4. The number of allylic oxidation sites excluding steroid dienone is 4. The predicted molar refractivity (Wildman–Crippen MR) is 86.7 cm³/mol. The first-order valence-corrected chi connectivity index (χ1v) is 8.96. The summed E-state index contributed by atoms with van der Waals surface area (Å²) in [6.07, 6.45) is 5.62. The zero-order valence-corrected chi connectivity index (χ0v) is 13.6. The van der Waals surface area contributed by atoms with Gasteiger partial charge in [-0.2, -0.15) is 0 Å². The van der Waals surface area contributed by atoms with E-state index < -0.39 is 13.7 Å². The molecule has 0 saturated heterocycles. The van der Waals surface area contributed by atoms with E-state index in [2.05, 4.69) is 5.09 Å². The fourth-order valence-electron chi connectivity index (χ4n) is 2.73. The van der Waals surface area contributed by atoms with E-state index in [9.17, 15) is 14.5 Å². The van der Waals surface area contributed by atoms with Crippen LogP contribution in [0, 0.1) is 5.92 Å². The van der Waals surface area contributed by atoms with Crippen LogP contribution in [0.15, 0.2) is 48.2 Å². The third-order valence-corrected chi connectivity index (χ3v) is 4.46. The topological polar surface area (TPSA) is 107 Å². The minimum Gasteiger partial charge on any atom is -0.508 e. The molecule has 0 spiro atoms. The Kier molecular flexibility index (Phi) is 5.42. The molecule has 1 aromatic rings. The van der Waals surface area contributed by atoms with Crippen LogP contribution >= 0.6 is 7.75 Å². The van der Waals surface area contributed by atoms with E-state index in [1.807, 2.05) is 6.92 Å². The third-order valence-electron chi connectivity index (χ3n) is 3.91. The van der Waals surface area contributed by atoms with Gasteiger partial charge in [0.25, 0.3) is 0 Å². The standard InChI is InChI=1S/C16H20NO5P/c1-2-11(12-6-8-13(18)9-7-12)10-14-15(17-23(20,21)22)4-3-5-16(14)19/h3-9,11,14,18H,2,10H2,1H3,(H3,17,20,21,22). The van der Waals surface area contributed by atoms with Crippen LogP contribution in [0.2, 0.25) is 0 Å². The molecule has 0 bridgehead atoms. The summed E-state index contributed by atoms with van der Waals surface area (Å²) in [6, 6.07) is 6.77. The SMILES string of the molecule is CCC(CC1C(=O)C=CC=C1NP(=O)(O)O)c1ccc(O)cc1. The molecule has 1 aliphatic rings. The highest BCUT2D eigenvalue weighted by molar-refractivity contribution is 7.49. The van der Waals surface area contributed by atoms with E-state index in [-0.39, 0.29) is 23.1 Å². The Morgan fingerprint density at radius 2 is 1.91 bits per heavy atom. The molecule has 2 unspecified atom stereocenters. The Balaban J connectivity index is 2.21. The lowest BCUT2D eigenvalue weighted by atomic mass is 9.82. The predicted octanol–water partition coefficient (Wildman–Crippen LogP) is 2.60. The van der Waals surface area contributed by atoms with Crippen molar-refractivity contribution >= 4 is 13.5 Å². The lowest BCUT2D eigenvalue weighted by Crippen LogP contribution is -2.27. The van der Waals surface area contributed by atoms with Crippen LogP contribution in [0.4, 0.5) is 0 Å². The van der Waals surface area contributed by atoms with Crippen molar-refractivity contribution in [3.8, 4) is 5.75 Å². The number of phenols is 1. The van der Waals surface area contributed by atoms with Gasteiger partial charge in [0.05, 0.1) is 5.92 Å². The number of hydrogen-bond acceptors (Lipinski definition) is 3. The molecular weight excluding hydrogens is 317 g/mol. The van der Waals surface area contributed by atoms with Gasteiger partial charge in [-0.1, -0.05) is 25.1 Å². The Hall–Kier alpha value is -1.88. The highest BCUT2D eigenvalue weighted by Gasteiger charge is 2.30. The van der Waals surface area contributed by atoms with Crippen molar-refractivity contribution in [1.29, 1.82) is 0 Å². The first kappa shape index (κ1) is 17.5. The number of nitrogens with one attached hydrogen (secondary N) is 1. The molecule has 0 amide bonds. The van der Waals surface area contributed by atoms with Gasteiger partial charge in [0.1, 0.15) is 5.75 Å². The Bertz CT molecular complexity index is 674. The number of phenolic OH excluding ortho intramolecular Hbond substituents is 1. The summed E-state index contributed by atoms with van der Waals surface area (Å²) in [5, 5.41) is 11.5. The van der Waals surface area contributed by atoms with Crippen LogP contribution in [0.1, 0.15) is 31.2 Å². The van der Waals surface area contributed by atoms with Crippen molar-refractivity contribution in [3.63, 3.8) is 0 Å². The molecule has 7 heteroatoms. The fraction of sp³-hybridized carbons (Fsp3) is 0.312. The largest absolute Gasteiger partial charge is 0.508 e. The zero-order valence-electron chi connectivity index (χ0n) is 12.7. The van der Waals surface area contributed by atoms with Gasteiger partial charge in [0, 0.05) is 5.70 Å². The quantitative estimate of drug-likeness (QED) is 0.595. The van der Waals surface area contributed by atoms with E-state index in [0.29, 0.717) is 6.42 Å². The molecule has 0 aliphatic heterocycles. The number of aromatic hydroxyl groups is 1. The van der Waals surface area contributed by atoms with Crippen LogP contribution in [-0.2, 0) is 9.36 Å². The summed E-state index contributed by atoms with van der Waals surface area (Å²) in [6.45, 7) is 1.99. The molecule has 6 nitrogen and oxygen atoms in total. The average Bonchev–Trinajstić information content (AvgIpc) is 2.47. The lowest BCUT2D eigenvalue weighted by Gasteiger charge is -2.26. The van der Waals surface area contributed by atoms with Gasteiger partial charge in [0.15, 0.2) is 5.78 Å². The average molecular weight is 337 g/mol. The first-order chi connectivity index (χ1) is 10.8. The highest BCUT2D eigenvalue weighted by atomic mass is 31.2. The molecule has 0 radical (unpaired) electrons. The van der Waals surface area contributed by atoms with Gasteiger partial charge < -0.3 is 14.9 Å². The molecule has 1 aromatic carbocycles. The summed E-state index contributed by atoms with van der Waals surface area (Å²) in [7, 11) is -4.47. The maximum atomic E-state index is 12.2. The van der Waals surface area contributed by atoms with Crippen molar-refractivity contribution in [3.05, 3.63) is 53.8 Å². The van der Waals surface area contributed by atoms with Crippen LogP contribution in [0.3, 0.4) is 0 Å². The number of hydrogen-bond donors (Lipinski definition) is 4. The normalized spacial score (nSPS) is 19.3. The van der Waals surface area contributed by atoms with Crippen molar-refractivity contribution in [1.82, 2.24) is 5.09 Å². The van der Waals surface area contributed by atoms with Gasteiger partial charge >= 0.3 is 7.75 Å². The van der Waals surface area contributed by atoms with Gasteiger partial charge in [0.2, 0.25) is 0 Å². The first-order valence-electron chi connectivity index (χ1n) is 7.35. The lowest BCUT2D eigenvalue weighted by molar-refractivity contribution is -0.117. The van der Waals surface area contributed by atoms with Crippen LogP contribution < -0.4 is 5.09 Å². The molecular formula is C16H20NO5P. The van der Waals surface area contributed by atoms with Gasteiger partial charge in [-0.3, -0.25) is 9.88 Å². The number of carbonyl (C=O) groups is 1. The second-order valence-electron chi connectivity index (χ2n) is 5.52. The van der Waals surface area contributed by atoms with Crippen LogP contribution in [0.5, 0.6) is 5.75 Å². The van der Waals surface area contributed by atoms with Gasteiger partial charge in [-0.25, -0.2) is 4.57 Å². The molecule has 0 fully saturated rings. The number of rotatable bonds is 6. The molecule has 1 aliphatic carbocycles. The van der Waals surface area contributed by atoms with E-state index in [0.717, 1.165) is 12.0 Å². The molecule has 0 aromatic heterocycles. The number of benzene rings is 1. The van der Waals surface area contributed by atoms with Crippen molar-refractivity contribution in [2.45, 2.75) is 25.7 Å². The molecule has 124 valence electrons. The zero-order chi connectivity index (χ0) is 17.0. The third kappa shape index (κ3) is 4.79. The molecule has 2 rings (SSSR count). The van der Waals surface area contributed by atoms with Gasteiger partial charge in [-0.15, -0.1) is 0 Å². The highest BCUT2D eigenvalue weighted by Crippen LogP contribution is 2.37. The van der Waals surface area contributed by atoms with E-state index in [1.165, 1.54) is 18.2 Å². The van der Waals surface area contributed by atoms with Crippen molar-refractivity contribution < 1.29 is 24.3 Å². The Morgan fingerprint density at radius 3 is 2.48 bits per heavy atom. The molecule has 0 heterocycles. The molecule has 2 atom stereocenters. The second kappa shape index (κ2) is 7.13.